The first kappa shape index (κ1) is 8.15. The van der Waals surface area contributed by atoms with Gasteiger partial charge in [-0.2, -0.15) is 0 Å². The molecule has 0 aromatic rings. The monoisotopic (exact) mass is 135 g/mol. The van der Waals surface area contributed by atoms with E-state index < -0.39 is 7.36 Å². The molecule has 4 heteroatoms. The van der Waals surface area contributed by atoms with Gasteiger partial charge in [-0.1, -0.05) is 0 Å². The highest BCUT2D eigenvalue weighted by molar-refractivity contribution is 7.61. The molecule has 2 N–H and O–H groups in total. The summed E-state index contributed by atoms with van der Waals surface area (Å²) in [6.45, 7) is 2.08. The normalized spacial score (nSPS) is 11.5. The van der Waals surface area contributed by atoms with Crippen molar-refractivity contribution in [3.8, 4) is 0 Å². The van der Waals surface area contributed by atoms with Crippen molar-refractivity contribution in [2.45, 2.75) is 0 Å². The Morgan fingerprint density at radius 3 is 1.62 bits per heavy atom. The zero-order chi connectivity index (χ0) is 6.62. The number of rotatable bonds is 2. The molecule has 0 saturated heterocycles. The van der Waals surface area contributed by atoms with E-state index in [-0.39, 0.29) is 0 Å². The first-order valence-electron chi connectivity index (χ1n) is 2.54. The lowest BCUT2D eigenvalue weighted by molar-refractivity contribution is 1.12. The van der Waals surface area contributed by atoms with Crippen molar-refractivity contribution in [2.75, 3.05) is 27.8 Å². The summed E-state index contributed by atoms with van der Waals surface area (Å²) < 4.78 is 4.15. The van der Waals surface area contributed by atoms with E-state index in [2.05, 4.69) is 21.6 Å². The van der Waals surface area contributed by atoms with Crippen molar-refractivity contribution in [1.29, 1.82) is 0 Å². The SMILES string of the molecule is CN=P(C)(NC)NC. The highest BCUT2D eigenvalue weighted by Gasteiger charge is 2.00. The van der Waals surface area contributed by atoms with Gasteiger partial charge >= 0.3 is 0 Å². The quantitative estimate of drug-likeness (QED) is 0.547. The summed E-state index contributed by atoms with van der Waals surface area (Å²) in [6, 6.07) is 0. The molecular formula is C4H14N3P. The number of nitrogens with one attached hydrogen (secondary N) is 2. The smallest absolute Gasteiger partial charge is 0.0877 e. The molecule has 3 nitrogen and oxygen atoms in total. The third-order valence-electron chi connectivity index (χ3n) is 1.27. The van der Waals surface area contributed by atoms with Crippen LogP contribution in [0.5, 0.6) is 0 Å². The van der Waals surface area contributed by atoms with Gasteiger partial charge in [0.05, 0.1) is 7.36 Å². The molecule has 8 heavy (non-hydrogen) atoms. The molecule has 0 bridgehead atoms. The van der Waals surface area contributed by atoms with Crippen LogP contribution in [0.1, 0.15) is 0 Å². The summed E-state index contributed by atoms with van der Waals surface area (Å²) in [5, 5.41) is 6.22. The van der Waals surface area contributed by atoms with Crippen LogP contribution in [-0.4, -0.2) is 27.8 Å². The average molecular weight is 135 g/mol. The lowest BCUT2D eigenvalue weighted by Crippen LogP contribution is -2.13. The minimum absolute atomic E-state index is 1.29. The molecule has 0 aromatic heterocycles. The predicted octanol–water partition coefficient (Wildman–Crippen LogP) is 0.716. The largest absolute Gasteiger partial charge is 0.278 e. The van der Waals surface area contributed by atoms with Crippen LogP contribution < -0.4 is 10.2 Å². The maximum absolute atomic E-state index is 4.15. The van der Waals surface area contributed by atoms with Crippen LogP contribution in [0.15, 0.2) is 4.74 Å². The summed E-state index contributed by atoms with van der Waals surface area (Å²) in [7, 11) is 4.36. The standard InChI is InChI=1S/C4H14N3P/c1-5-8(4,6-2)7-3/h5-6H,1-4H3. The molecule has 0 aliphatic carbocycles. The van der Waals surface area contributed by atoms with Gasteiger partial charge in [0.1, 0.15) is 0 Å². The van der Waals surface area contributed by atoms with E-state index >= 15 is 0 Å². The van der Waals surface area contributed by atoms with Crippen LogP contribution in [-0.2, 0) is 0 Å². The van der Waals surface area contributed by atoms with Crippen LogP contribution in [0.4, 0.5) is 0 Å². The fraction of sp³-hybridized carbons (Fsp3) is 1.00. The topological polar surface area (TPSA) is 36.4 Å². The van der Waals surface area contributed by atoms with Gasteiger partial charge in [0, 0.05) is 7.05 Å². The highest BCUT2D eigenvalue weighted by atomic mass is 31.2. The molecule has 50 valence electrons. The minimum atomic E-state index is -1.29. The number of hydrogen-bond donors (Lipinski definition) is 2. The van der Waals surface area contributed by atoms with Gasteiger partial charge in [0.25, 0.3) is 0 Å². The van der Waals surface area contributed by atoms with Gasteiger partial charge in [0.15, 0.2) is 0 Å². The second-order valence-electron chi connectivity index (χ2n) is 1.61. The third kappa shape index (κ3) is 1.95. The van der Waals surface area contributed by atoms with E-state index in [0.717, 1.165) is 0 Å². The molecule has 0 radical (unpaired) electrons. The van der Waals surface area contributed by atoms with E-state index in [0.29, 0.717) is 0 Å². The van der Waals surface area contributed by atoms with E-state index in [1.165, 1.54) is 0 Å². The Balaban J connectivity index is 4.00. The summed E-state index contributed by atoms with van der Waals surface area (Å²) in [6.07, 6.45) is 0. The molecule has 0 unspecified atom stereocenters. The number of nitrogens with zero attached hydrogens (tertiary/aromatic N) is 1. The average Bonchev–Trinajstić information content (AvgIpc) is 1.87. The van der Waals surface area contributed by atoms with E-state index in [1.807, 2.05) is 21.1 Å². The summed E-state index contributed by atoms with van der Waals surface area (Å²) in [4.78, 5) is 0. The number of hydrogen-bond acceptors (Lipinski definition) is 1. The second kappa shape index (κ2) is 3.23. The van der Waals surface area contributed by atoms with Gasteiger partial charge in [0.2, 0.25) is 0 Å². The molecule has 0 spiro atoms. The van der Waals surface area contributed by atoms with Gasteiger partial charge in [-0.25, -0.2) is 0 Å². The molecule has 0 saturated carbocycles. The second-order valence-corrected chi connectivity index (χ2v) is 4.82. The van der Waals surface area contributed by atoms with Crippen molar-refractivity contribution < 1.29 is 0 Å². The van der Waals surface area contributed by atoms with E-state index in [1.54, 1.807) is 0 Å². The van der Waals surface area contributed by atoms with E-state index in [9.17, 15) is 0 Å². The zero-order valence-corrected chi connectivity index (χ0v) is 6.79. The molecule has 0 rings (SSSR count). The summed E-state index contributed by atoms with van der Waals surface area (Å²) in [5.41, 5.74) is 0. The molecule has 0 aliphatic rings. The van der Waals surface area contributed by atoms with Crippen LogP contribution in [0.3, 0.4) is 0 Å². The maximum Gasteiger partial charge on any atom is 0.0877 e. The third-order valence-corrected chi connectivity index (χ3v) is 3.81. The van der Waals surface area contributed by atoms with Crippen molar-refractivity contribution in [1.82, 2.24) is 10.2 Å². The molecule has 0 atom stereocenters. The molecule has 0 fully saturated rings. The molecule has 0 aromatic carbocycles. The lowest BCUT2D eigenvalue weighted by Gasteiger charge is -2.15. The maximum atomic E-state index is 4.15. The Morgan fingerprint density at radius 2 is 1.62 bits per heavy atom. The zero-order valence-electron chi connectivity index (χ0n) is 5.89. The Morgan fingerprint density at radius 1 is 1.25 bits per heavy atom. The Bertz CT molecular complexity index is 102. The Kier molecular flexibility index (Phi) is 3.29. The van der Waals surface area contributed by atoms with Gasteiger partial charge in [-0.05, 0) is 20.8 Å². The molecule has 0 heterocycles. The van der Waals surface area contributed by atoms with Gasteiger partial charge in [-0.15, -0.1) is 0 Å². The van der Waals surface area contributed by atoms with Crippen LogP contribution in [0.2, 0.25) is 0 Å². The van der Waals surface area contributed by atoms with Crippen LogP contribution in [0, 0.1) is 0 Å². The van der Waals surface area contributed by atoms with Crippen molar-refractivity contribution in [3.63, 3.8) is 0 Å². The minimum Gasteiger partial charge on any atom is -0.278 e. The van der Waals surface area contributed by atoms with Gasteiger partial charge in [-0.3, -0.25) is 14.9 Å². The molecular weight excluding hydrogens is 121 g/mol. The Labute approximate surface area is 51.0 Å². The fourth-order valence-corrected chi connectivity index (χ4v) is 0.935. The van der Waals surface area contributed by atoms with E-state index in [4.69, 9.17) is 0 Å². The first-order valence-corrected chi connectivity index (χ1v) is 4.73. The first-order chi connectivity index (χ1) is 3.68. The van der Waals surface area contributed by atoms with Crippen LogP contribution in [0.25, 0.3) is 0 Å². The molecule has 0 aliphatic heterocycles. The van der Waals surface area contributed by atoms with Crippen molar-refractivity contribution in [2.24, 2.45) is 4.74 Å². The fourth-order valence-electron chi connectivity index (χ4n) is 0.312. The Hall–Kier alpha value is 0.150. The summed E-state index contributed by atoms with van der Waals surface area (Å²) >= 11 is 0. The summed E-state index contributed by atoms with van der Waals surface area (Å²) in [5.74, 6) is 0. The highest BCUT2D eigenvalue weighted by Crippen LogP contribution is 2.31. The van der Waals surface area contributed by atoms with Crippen LogP contribution >= 0.6 is 7.36 Å². The predicted molar refractivity (Wildman–Crippen MR) is 39.3 cm³/mol. The lowest BCUT2D eigenvalue weighted by atomic mass is 11.6. The van der Waals surface area contributed by atoms with Crippen molar-refractivity contribution in [3.05, 3.63) is 0 Å². The van der Waals surface area contributed by atoms with Gasteiger partial charge < -0.3 is 0 Å². The molecule has 0 amide bonds. The van der Waals surface area contributed by atoms with Crippen molar-refractivity contribution >= 4 is 7.36 Å².